The normalized spacial score (nSPS) is 19.0. The fourth-order valence-electron chi connectivity index (χ4n) is 3.80. The highest BCUT2D eigenvalue weighted by Gasteiger charge is 2.36. The number of rotatable bonds is 3. The molecule has 0 spiro atoms. The van der Waals surface area contributed by atoms with Gasteiger partial charge in [0, 0.05) is 39.6 Å². The zero-order chi connectivity index (χ0) is 25.3. The first-order valence-electron chi connectivity index (χ1n) is 10.6. The highest BCUT2D eigenvalue weighted by molar-refractivity contribution is 9.10. The molecule has 0 aliphatic carbocycles. The first-order chi connectivity index (χ1) is 15.7. The van der Waals surface area contributed by atoms with Gasteiger partial charge >= 0.3 is 12.3 Å². The van der Waals surface area contributed by atoms with Crippen molar-refractivity contribution in [2.24, 2.45) is 0 Å². The lowest BCUT2D eigenvalue weighted by molar-refractivity contribution is -0.137. The Morgan fingerprint density at radius 3 is 2.26 bits per heavy atom. The molecule has 2 aromatic rings. The van der Waals surface area contributed by atoms with Gasteiger partial charge < -0.3 is 15.0 Å². The van der Waals surface area contributed by atoms with Crippen LogP contribution in [0.5, 0.6) is 0 Å². The molecule has 0 radical (unpaired) electrons. The Balaban J connectivity index is 1.85. The fourth-order valence-corrected chi connectivity index (χ4v) is 4.56. The lowest BCUT2D eigenvalue weighted by atomic mass is 9.86. The van der Waals surface area contributed by atoms with E-state index >= 15 is 0 Å². The Labute approximate surface area is 213 Å². The Morgan fingerprint density at radius 2 is 1.68 bits per heavy atom. The van der Waals surface area contributed by atoms with Gasteiger partial charge in [-0.05, 0) is 63.1 Å². The van der Waals surface area contributed by atoms with Crippen molar-refractivity contribution in [1.82, 2.24) is 10.2 Å². The number of nitrogens with one attached hydrogen (secondary N) is 1. The molecule has 1 fully saturated rings. The number of hydrogen-bond donors (Lipinski definition) is 1. The third-order valence-corrected chi connectivity index (χ3v) is 6.35. The predicted molar refractivity (Wildman–Crippen MR) is 130 cm³/mol. The van der Waals surface area contributed by atoms with Crippen molar-refractivity contribution in [3.63, 3.8) is 0 Å². The quantitative estimate of drug-likeness (QED) is 0.421. The van der Waals surface area contributed by atoms with E-state index in [1.807, 2.05) is 24.3 Å². The summed E-state index contributed by atoms with van der Waals surface area (Å²) in [4.78, 5) is 27.2. The van der Waals surface area contributed by atoms with Crippen molar-refractivity contribution in [3.8, 4) is 0 Å². The average molecular weight is 606 g/mol. The molecule has 1 heterocycles. The third-order valence-electron chi connectivity index (χ3n) is 5.37. The van der Waals surface area contributed by atoms with Gasteiger partial charge in [-0.15, -0.1) is 0 Å². The zero-order valence-corrected chi connectivity index (χ0v) is 22.1. The van der Waals surface area contributed by atoms with Gasteiger partial charge in [0.1, 0.15) is 5.60 Å². The van der Waals surface area contributed by atoms with E-state index in [0.29, 0.717) is 19.5 Å². The van der Waals surface area contributed by atoms with E-state index in [1.165, 1.54) is 6.07 Å². The van der Waals surface area contributed by atoms with Crippen molar-refractivity contribution in [2.75, 3.05) is 13.1 Å². The van der Waals surface area contributed by atoms with Crippen LogP contribution < -0.4 is 5.32 Å². The van der Waals surface area contributed by atoms with Gasteiger partial charge in [0.25, 0.3) is 5.91 Å². The van der Waals surface area contributed by atoms with Gasteiger partial charge in [-0.3, -0.25) is 4.79 Å². The number of hydrogen-bond acceptors (Lipinski definition) is 3. The van der Waals surface area contributed by atoms with Gasteiger partial charge in [-0.1, -0.05) is 44.0 Å². The average Bonchev–Trinajstić information content (AvgIpc) is 2.72. The number of amides is 2. The molecule has 3 rings (SSSR count). The van der Waals surface area contributed by atoms with E-state index in [9.17, 15) is 22.8 Å². The number of halogens is 5. The standard InChI is InChI=1S/C24H25Br2F3N2O3/c1-23(2,3)34-22(33)31-9-8-20(19(13-31)14-4-6-17(25)7-5-14)30-21(32)15-10-16(24(27,28)29)12-18(26)11-15/h4-7,10-12,19-20H,8-9,13H2,1-3H3,(H,30,32)/t19-,20+/m0/s1. The van der Waals surface area contributed by atoms with E-state index in [0.717, 1.165) is 22.2 Å². The summed E-state index contributed by atoms with van der Waals surface area (Å²) >= 11 is 6.46. The summed E-state index contributed by atoms with van der Waals surface area (Å²) in [6, 6.07) is 10.3. The molecule has 2 aromatic carbocycles. The smallest absolute Gasteiger partial charge is 0.416 e. The lowest BCUT2D eigenvalue weighted by Gasteiger charge is -2.39. The molecule has 5 nitrogen and oxygen atoms in total. The number of benzene rings is 2. The molecule has 10 heteroatoms. The van der Waals surface area contributed by atoms with Gasteiger partial charge in [-0.25, -0.2) is 4.79 Å². The lowest BCUT2D eigenvalue weighted by Crippen LogP contribution is -2.52. The molecule has 2 amide bonds. The van der Waals surface area contributed by atoms with Crippen LogP contribution in [0.4, 0.5) is 18.0 Å². The minimum atomic E-state index is -4.57. The summed E-state index contributed by atoms with van der Waals surface area (Å²) in [5.74, 6) is -0.878. The monoisotopic (exact) mass is 604 g/mol. The van der Waals surface area contributed by atoms with Crippen molar-refractivity contribution in [2.45, 2.75) is 50.9 Å². The molecular weight excluding hydrogens is 581 g/mol. The maximum absolute atomic E-state index is 13.2. The maximum Gasteiger partial charge on any atom is 0.416 e. The SMILES string of the molecule is CC(C)(C)OC(=O)N1CC[C@@H](NC(=O)c2cc(Br)cc(C(F)(F)F)c2)[C@H](c2ccc(Br)cc2)C1. The molecule has 184 valence electrons. The van der Waals surface area contributed by atoms with Crippen molar-refractivity contribution >= 4 is 43.9 Å². The Kier molecular flexibility index (Phi) is 8.02. The Bertz CT molecular complexity index is 1050. The number of likely N-dealkylation sites (tertiary alicyclic amines) is 1. The molecule has 0 bridgehead atoms. The molecule has 1 saturated heterocycles. The van der Waals surface area contributed by atoms with Crippen LogP contribution in [0.25, 0.3) is 0 Å². The topological polar surface area (TPSA) is 58.6 Å². The molecule has 1 aliphatic heterocycles. The second-order valence-electron chi connectivity index (χ2n) is 9.18. The summed E-state index contributed by atoms with van der Waals surface area (Å²) in [7, 11) is 0. The summed E-state index contributed by atoms with van der Waals surface area (Å²) < 4.78 is 46.2. The van der Waals surface area contributed by atoms with E-state index in [-0.39, 0.29) is 22.0 Å². The Hall–Kier alpha value is -2.07. The van der Waals surface area contributed by atoms with Crippen LogP contribution >= 0.6 is 31.9 Å². The Morgan fingerprint density at radius 1 is 1.03 bits per heavy atom. The highest BCUT2D eigenvalue weighted by atomic mass is 79.9. The molecule has 1 N–H and O–H groups in total. The minimum absolute atomic E-state index is 0.0918. The minimum Gasteiger partial charge on any atom is -0.444 e. The molecule has 0 unspecified atom stereocenters. The number of carbonyl (C=O) groups is 2. The van der Waals surface area contributed by atoms with Crippen LogP contribution in [-0.2, 0) is 10.9 Å². The number of alkyl halides is 3. The first kappa shape index (κ1) is 26.5. The zero-order valence-electron chi connectivity index (χ0n) is 18.9. The number of ether oxygens (including phenoxy) is 1. The first-order valence-corrected chi connectivity index (χ1v) is 12.2. The van der Waals surface area contributed by atoms with Crippen LogP contribution in [0.2, 0.25) is 0 Å². The van der Waals surface area contributed by atoms with Crippen LogP contribution in [0.1, 0.15) is 54.6 Å². The second kappa shape index (κ2) is 10.3. The van der Waals surface area contributed by atoms with Gasteiger partial charge in [0.05, 0.1) is 5.56 Å². The largest absolute Gasteiger partial charge is 0.444 e. The number of nitrogens with zero attached hydrogens (tertiary/aromatic N) is 1. The summed E-state index contributed by atoms with van der Waals surface area (Å²) in [5.41, 5.74) is -0.749. The molecule has 1 aliphatic rings. The van der Waals surface area contributed by atoms with Gasteiger partial charge in [0.2, 0.25) is 0 Å². The van der Waals surface area contributed by atoms with Crippen molar-refractivity contribution in [1.29, 1.82) is 0 Å². The summed E-state index contributed by atoms with van der Waals surface area (Å²) in [6.07, 6.45) is -4.59. The summed E-state index contributed by atoms with van der Waals surface area (Å²) in [5, 5.41) is 2.89. The molecule has 34 heavy (non-hydrogen) atoms. The van der Waals surface area contributed by atoms with E-state index in [4.69, 9.17) is 4.74 Å². The molecular formula is C24H25Br2F3N2O3. The third kappa shape index (κ3) is 6.97. The highest BCUT2D eigenvalue weighted by Crippen LogP contribution is 2.33. The second-order valence-corrected chi connectivity index (χ2v) is 11.0. The molecule has 2 atom stereocenters. The van der Waals surface area contributed by atoms with E-state index in [2.05, 4.69) is 37.2 Å². The van der Waals surface area contributed by atoms with Crippen LogP contribution in [0, 0.1) is 0 Å². The number of piperidine rings is 1. The molecule has 0 saturated carbocycles. The maximum atomic E-state index is 13.2. The van der Waals surface area contributed by atoms with Crippen molar-refractivity contribution in [3.05, 3.63) is 68.1 Å². The summed E-state index contributed by atoms with van der Waals surface area (Å²) in [6.45, 7) is 6.01. The van der Waals surface area contributed by atoms with Crippen LogP contribution in [-0.4, -0.2) is 41.6 Å². The fraction of sp³-hybridized carbons (Fsp3) is 0.417. The van der Waals surface area contributed by atoms with E-state index in [1.54, 1.807) is 25.7 Å². The van der Waals surface area contributed by atoms with Gasteiger partial charge in [0.15, 0.2) is 0 Å². The van der Waals surface area contributed by atoms with Gasteiger partial charge in [-0.2, -0.15) is 13.2 Å². The van der Waals surface area contributed by atoms with E-state index < -0.39 is 29.3 Å². The van der Waals surface area contributed by atoms with Crippen LogP contribution in [0.3, 0.4) is 0 Å². The van der Waals surface area contributed by atoms with Crippen molar-refractivity contribution < 1.29 is 27.5 Å². The molecule has 0 aromatic heterocycles. The van der Waals surface area contributed by atoms with Crippen LogP contribution in [0.15, 0.2) is 51.4 Å². The predicted octanol–water partition coefficient (Wildman–Crippen LogP) is 6.75. The number of carbonyl (C=O) groups excluding carboxylic acids is 2.